The van der Waals surface area contributed by atoms with Gasteiger partial charge in [0.15, 0.2) is 0 Å². The fourth-order valence-electron chi connectivity index (χ4n) is 9.47. The van der Waals surface area contributed by atoms with Gasteiger partial charge in [0.25, 0.3) is 0 Å². The number of aliphatic hydroxyl groups is 1. The van der Waals surface area contributed by atoms with Crippen LogP contribution in [0.1, 0.15) is 110 Å². The molecule has 2 heterocycles. The van der Waals surface area contributed by atoms with Crippen LogP contribution in [0, 0.1) is 23.7 Å². The van der Waals surface area contributed by atoms with Crippen LogP contribution in [-0.4, -0.2) is 95.1 Å². The Labute approximate surface area is 374 Å². The second kappa shape index (κ2) is 24.7. The summed E-state index contributed by atoms with van der Waals surface area (Å²) < 4.78 is 5.46. The number of para-hydroxylation sites is 1. The normalized spacial score (nSPS) is 21.8. The third-order valence-corrected chi connectivity index (χ3v) is 12.8. The van der Waals surface area contributed by atoms with E-state index in [2.05, 4.69) is 40.8 Å². The van der Waals surface area contributed by atoms with Gasteiger partial charge in [-0.05, 0) is 131 Å². The molecule has 14 nitrogen and oxygen atoms in total. The van der Waals surface area contributed by atoms with Gasteiger partial charge >= 0.3 is 0 Å². The first-order chi connectivity index (χ1) is 30.4. The highest BCUT2D eigenvalue weighted by Crippen LogP contribution is 2.53. The number of allylic oxidation sites excluding steroid dienone is 6. The van der Waals surface area contributed by atoms with Gasteiger partial charge in [0.1, 0.15) is 17.8 Å². The van der Waals surface area contributed by atoms with E-state index in [-0.39, 0.29) is 55.1 Å². The number of nitrogens with two attached hydrogens (primary N) is 2. The molecule has 2 aliphatic carbocycles. The molecule has 14 heteroatoms. The zero-order valence-electron chi connectivity index (χ0n) is 38.1. The highest BCUT2D eigenvalue weighted by molar-refractivity contribution is 5.92. The number of carbonyl (C=O) groups is 4. The first kappa shape index (κ1) is 48.9. The molecule has 2 aromatic rings. The van der Waals surface area contributed by atoms with Gasteiger partial charge in [-0.3, -0.25) is 19.2 Å². The summed E-state index contributed by atoms with van der Waals surface area (Å²) in [5, 5.41) is 22.0. The number of likely N-dealkylation sites (tertiary alicyclic amines) is 1. The van der Waals surface area contributed by atoms with Crippen LogP contribution in [0.25, 0.3) is 10.9 Å². The maximum atomic E-state index is 14.3. The van der Waals surface area contributed by atoms with E-state index >= 15 is 0 Å². The topological polar surface area (TPSA) is 208 Å². The van der Waals surface area contributed by atoms with E-state index in [4.69, 9.17) is 16.3 Å². The van der Waals surface area contributed by atoms with E-state index in [0.717, 1.165) is 86.1 Å². The van der Waals surface area contributed by atoms with Crippen molar-refractivity contribution in [3.8, 4) is 0 Å². The summed E-state index contributed by atoms with van der Waals surface area (Å²) in [6.45, 7) is 8.53. The lowest BCUT2D eigenvalue weighted by molar-refractivity contribution is -0.133. The summed E-state index contributed by atoms with van der Waals surface area (Å²) in [5.74, 6) is 7.59. The highest BCUT2D eigenvalue weighted by atomic mass is 16.5. The molecular formula is C49H74N8O6. The minimum atomic E-state index is -1.00. The van der Waals surface area contributed by atoms with Crippen LogP contribution in [-0.2, 0) is 30.3 Å². The number of aromatic nitrogens is 1. The van der Waals surface area contributed by atoms with Crippen LogP contribution in [0.5, 0.6) is 0 Å². The number of ether oxygens (including phenoxy) is 1. The molecule has 6 atom stereocenters. The fraction of sp³-hybridized carbons (Fsp3) is 0.592. The number of aryl methyl sites for hydroxylation is 1. The Kier molecular flexibility index (Phi) is 19.2. The molecule has 0 bridgehead atoms. The second-order valence-electron chi connectivity index (χ2n) is 18.1. The summed E-state index contributed by atoms with van der Waals surface area (Å²) >= 11 is 0. The van der Waals surface area contributed by atoms with E-state index in [1.165, 1.54) is 6.08 Å². The maximum Gasteiger partial charge on any atom is 0.243 e. The van der Waals surface area contributed by atoms with Gasteiger partial charge in [-0.2, -0.15) is 0 Å². The van der Waals surface area contributed by atoms with E-state index in [9.17, 15) is 24.3 Å². The lowest BCUT2D eigenvalue weighted by Gasteiger charge is -2.28. The minimum absolute atomic E-state index is 0.0164. The summed E-state index contributed by atoms with van der Waals surface area (Å²) in [6.07, 6.45) is 18.6. The van der Waals surface area contributed by atoms with Gasteiger partial charge in [0.2, 0.25) is 23.6 Å². The number of fused-ring (bicyclic) bond motifs is 2. The zero-order chi connectivity index (χ0) is 45.3. The first-order valence-electron chi connectivity index (χ1n) is 23.3. The Bertz CT molecular complexity index is 1950. The smallest absolute Gasteiger partial charge is 0.243 e. The number of hydrazine groups is 1. The number of H-pyrrole nitrogens is 1. The third kappa shape index (κ3) is 15.0. The van der Waals surface area contributed by atoms with Gasteiger partial charge in [0.05, 0.1) is 0 Å². The average Bonchev–Trinajstić information content (AvgIpc) is 3.56. The lowest BCUT2D eigenvalue weighted by Crippen LogP contribution is -2.55. The number of hydrogen-bond donors (Lipinski definition) is 7. The number of aromatic amines is 1. The number of methoxy groups -OCH3 is 1. The summed E-state index contributed by atoms with van der Waals surface area (Å²) in [5.41, 5.74) is 10.5. The fourth-order valence-corrected chi connectivity index (χ4v) is 9.47. The minimum Gasteiger partial charge on any atom is -0.508 e. The number of carbonyl (C=O) groups excluding carboxylic acids is 4. The molecule has 5 rings (SSSR count). The standard InChI is InChI=1S/C49H74N8O6/c1-5-14-36(58)16-6-8-19-43(54-46(59)21-12-15-34-31-52-42-18-9-7-17-37(34)42)49(62)55-44(48(61)53-35(29-33(2)3)30-47(60)56-26-10-11-27-56)20-13-28-57(51)45-25-23-39-38(22-24-41(45)50)40(39)32-63-4/h5-9,14,16-18,31,33,35,38-40,43-44,52,58H,10-13,15,19-30,32,50-51H2,1-4H3,(H,53,61)(H,54,59)(H,55,62)/b8-6+,14-5-,36-16+,45-41-. The van der Waals surface area contributed by atoms with E-state index in [1.807, 2.05) is 29.3 Å². The van der Waals surface area contributed by atoms with Crippen molar-refractivity contribution in [1.82, 2.24) is 30.8 Å². The van der Waals surface area contributed by atoms with Crippen molar-refractivity contribution >= 4 is 34.5 Å². The highest BCUT2D eigenvalue weighted by Gasteiger charge is 2.49. The van der Waals surface area contributed by atoms with Gasteiger partial charge in [-0.15, -0.1) is 0 Å². The molecule has 4 amide bonds. The number of aliphatic hydroxyl groups excluding tert-OH is 1. The van der Waals surface area contributed by atoms with E-state index in [0.29, 0.717) is 50.0 Å². The Morgan fingerprint density at radius 3 is 2.48 bits per heavy atom. The number of nitrogens with one attached hydrogen (secondary N) is 4. The van der Waals surface area contributed by atoms with Gasteiger partial charge in [-0.25, -0.2) is 5.84 Å². The second-order valence-corrected chi connectivity index (χ2v) is 18.1. The number of rotatable bonds is 24. The van der Waals surface area contributed by atoms with Crippen molar-refractivity contribution in [2.45, 2.75) is 129 Å². The average molecular weight is 871 g/mol. The molecule has 63 heavy (non-hydrogen) atoms. The summed E-state index contributed by atoms with van der Waals surface area (Å²) in [4.78, 5) is 60.5. The Balaban J connectivity index is 1.29. The largest absolute Gasteiger partial charge is 0.508 e. The molecule has 1 aromatic heterocycles. The van der Waals surface area contributed by atoms with Crippen LogP contribution in [0.3, 0.4) is 0 Å². The molecule has 2 fully saturated rings. The Morgan fingerprint density at radius 1 is 1.02 bits per heavy atom. The Morgan fingerprint density at radius 2 is 1.75 bits per heavy atom. The predicted molar refractivity (Wildman–Crippen MR) is 248 cm³/mol. The van der Waals surface area contributed by atoms with Crippen LogP contribution in [0.2, 0.25) is 0 Å². The van der Waals surface area contributed by atoms with Crippen molar-refractivity contribution in [3.05, 3.63) is 83.6 Å². The summed E-state index contributed by atoms with van der Waals surface area (Å²) in [7, 11) is 1.75. The lowest BCUT2D eigenvalue weighted by atomic mass is 9.99. The maximum absolute atomic E-state index is 14.3. The van der Waals surface area contributed by atoms with E-state index < -0.39 is 24.0 Å². The molecule has 3 aliphatic rings. The van der Waals surface area contributed by atoms with Crippen LogP contribution in [0.15, 0.2) is 78.0 Å². The molecule has 346 valence electrons. The number of hydrogen-bond acceptors (Lipinski definition) is 9. The van der Waals surface area contributed by atoms with Crippen LogP contribution >= 0.6 is 0 Å². The predicted octanol–water partition coefficient (Wildman–Crippen LogP) is 6.18. The molecule has 9 N–H and O–H groups in total. The third-order valence-electron chi connectivity index (χ3n) is 12.8. The van der Waals surface area contributed by atoms with Crippen molar-refractivity contribution in [2.24, 2.45) is 35.2 Å². The van der Waals surface area contributed by atoms with Gasteiger partial charge < -0.3 is 46.4 Å². The van der Waals surface area contributed by atoms with Crippen LogP contribution in [0.4, 0.5) is 0 Å². The molecular weight excluding hydrogens is 797 g/mol. The first-order valence-corrected chi connectivity index (χ1v) is 23.3. The van der Waals surface area contributed by atoms with Crippen molar-refractivity contribution in [2.75, 3.05) is 33.4 Å². The molecule has 1 saturated heterocycles. The van der Waals surface area contributed by atoms with Gasteiger partial charge in [0, 0.05) is 80.7 Å². The van der Waals surface area contributed by atoms with Crippen molar-refractivity contribution in [3.63, 3.8) is 0 Å². The molecule has 0 radical (unpaired) electrons. The Hall–Kier alpha value is -5.08. The number of amides is 4. The van der Waals surface area contributed by atoms with E-state index in [1.54, 1.807) is 43.3 Å². The molecule has 1 aliphatic heterocycles. The van der Waals surface area contributed by atoms with Crippen LogP contribution < -0.4 is 27.5 Å². The monoisotopic (exact) mass is 871 g/mol. The van der Waals surface area contributed by atoms with Gasteiger partial charge in [-0.1, -0.05) is 50.3 Å². The molecule has 6 unspecified atom stereocenters. The molecule has 0 spiro atoms. The number of benzene rings is 1. The quantitative estimate of drug-likeness (QED) is 0.0278. The van der Waals surface area contributed by atoms with Crippen molar-refractivity contribution < 1.29 is 29.0 Å². The van der Waals surface area contributed by atoms with Crippen molar-refractivity contribution in [1.29, 1.82) is 0 Å². The SMILES string of the molecule is C\C=C/C(O)=C\C=C\CC(NC(=O)CCCc1c[nH]c2ccccc12)C(=O)NC(CCCN(N)/C1=C(\N)CCC2C(CC1)C2COC)C(=O)NC(CC(=O)N1CCCC1)CC(C)C. The molecule has 1 aromatic carbocycles. The summed E-state index contributed by atoms with van der Waals surface area (Å²) in [6, 6.07) is 5.63. The zero-order valence-corrected chi connectivity index (χ0v) is 38.1. The number of nitrogens with zero attached hydrogens (tertiary/aromatic N) is 2. The molecule has 1 saturated carbocycles.